The second kappa shape index (κ2) is 9.04. The van der Waals surface area contributed by atoms with E-state index in [4.69, 9.17) is 0 Å². The normalized spacial score (nSPS) is 14.1. The van der Waals surface area contributed by atoms with Crippen molar-refractivity contribution in [1.82, 2.24) is 0 Å². The molecule has 1 unspecified atom stereocenters. The first kappa shape index (κ1) is 16.0. The van der Waals surface area contributed by atoms with Crippen LogP contribution in [0.1, 0.15) is 85.5 Å². The van der Waals surface area contributed by atoms with Crippen LogP contribution in [0.15, 0.2) is 0 Å². The molecule has 0 saturated heterocycles. The van der Waals surface area contributed by atoms with Crippen LogP contribution in [0, 0.1) is 5.92 Å². The third-order valence-electron chi connectivity index (χ3n) is 3.67. The summed E-state index contributed by atoms with van der Waals surface area (Å²) in [5.74, 6) is 0.525. The molecule has 0 aliphatic heterocycles. The summed E-state index contributed by atoms with van der Waals surface area (Å²) >= 11 is 0. The van der Waals surface area contributed by atoms with Gasteiger partial charge in [-0.25, -0.2) is 0 Å². The van der Waals surface area contributed by atoms with Crippen molar-refractivity contribution in [2.24, 2.45) is 5.92 Å². The van der Waals surface area contributed by atoms with E-state index in [0.29, 0.717) is 5.92 Å². The maximum atomic E-state index is 10.8. The highest BCUT2D eigenvalue weighted by atomic mass is 16.3. The topological polar surface area (TPSA) is 20.2 Å². The highest BCUT2D eigenvalue weighted by Gasteiger charge is 2.33. The van der Waals surface area contributed by atoms with Gasteiger partial charge >= 0.3 is 0 Å². The number of rotatable bonds is 10. The van der Waals surface area contributed by atoms with E-state index in [1.165, 1.54) is 32.1 Å². The van der Waals surface area contributed by atoms with Crippen LogP contribution in [0.3, 0.4) is 0 Å². The smallest absolute Gasteiger partial charge is 0.0675 e. The fourth-order valence-corrected chi connectivity index (χ4v) is 2.88. The highest BCUT2D eigenvalue weighted by molar-refractivity contribution is 4.85. The second-order valence-electron chi connectivity index (χ2n) is 5.23. The maximum absolute atomic E-state index is 10.8. The van der Waals surface area contributed by atoms with Gasteiger partial charge in [0, 0.05) is 0 Å². The van der Waals surface area contributed by atoms with Crippen molar-refractivity contribution >= 4 is 0 Å². The van der Waals surface area contributed by atoms with E-state index in [0.717, 1.165) is 25.7 Å². The summed E-state index contributed by atoms with van der Waals surface area (Å²) in [6, 6.07) is 0. The largest absolute Gasteiger partial charge is 0.390 e. The molecule has 1 heteroatoms. The van der Waals surface area contributed by atoms with Crippen molar-refractivity contribution in [2.45, 2.75) is 91.1 Å². The van der Waals surface area contributed by atoms with Crippen LogP contribution in [-0.2, 0) is 0 Å². The van der Waals surface area contributed by atoms with Crippen molar-refractivity contribution < 1.29 is 5.11 Å². The molecule has 1 N–H and O–H groups in total. The van der Waals surface area contributed by atoms with E-state index in [2.05, 4.69) is 27.7 Å². The van der Waals surface area contributed by atoms with Gasteiger partial charge in [0.2, 0.25) is 0 Å². The molecule has 0 aromatic heterocycles. The van der Waals surface area contributed by atoms with Gasteiger partial charge in [-0.2, -0.15) is 0 Å². The van der Waals surface area contributed by atoms with Gasteiger partial charge in [-0.1, -0.05) is 59.8 Å². The Kier molecular flexibility index (Phi) is 9.02. The molecular weight excluding hydrogens is 196 g/mol. The molecule has 0 spiro atoms. The lowest BCUT2D eigenvalue weighted by atomic mass is 9.75. The van der Waals surface area contributed by atoms with Crippen LogP contribution < -0.4 is 0 Å². The second-order valence-corrected chi connectivity index (χ2v) is 5.23. The van der Waals surface area contributed by atoms with E-state index in [9.17, 15) is 5.11 Å². The minimum Gasteiger partial charge on any atom is -0.390 e. The summed E-state index contributed by atoms with van der Waals surface area (Å²) in [5, 5.41) is 10.8. The van der Waals surface area contributed by atoms with Gasteiger partial charge in [0.25, 0.3) is 0 Å². The molecule has 0 fully saturated rings. The van der Waals surface area contributed by atoms with Crippen LogP contribution >= 0.6 is 0 Å². The molecule has 0 rings (SSSR count). The summed E-state index contributed by atoms with van der Waals surface area (Å²) in [7, 11) is 0. The van der Waals surface area contributed by atoms with E-state index in [1.54, 1.807) is 0 Å². The molecule has 0 amide bonds. The van der Waals surface area contributed by atoms with Crippen molar-refractivity contribution in [3.8, 4) is 0 Å². The minimum atomic E-state index is -0.380. The lowest BCUT2D eigenvalue weighted by molar-refractivity contribution is -0.0423. The molecule has 0 aliphatic carbocycles. The molecule has 0 aliphatic rings. The van der Waals surface area contributed by atoms with Crippen LogP contribution in [-0.4, -0.2) is 10.7 Å². The average Bonchev–Trinajstić information content (AvgIpc) is 2.24. The number of hydrogen-bond donors (Lipinski definition) is 1. The summed E-state index contributed by atoms with van der Waals surface area (Å²) in [6.07, 6.45) is 10.3. The predicted octanol–water partition coefficient (Wildman–Crippen LogP) is 4.92. The third-order valence-corrected chi connectivity index (χ3v) is 3.67. The first-order valence-electron chi connectivity index (χ1n) is 7.36. The number of unbranched alkanes of at least 4 members (excludes halogenated alkanes) is 1. The van der Waals surface area contributed by atoms with E-state index < -0.39 is 0 Å². The number of aliphatic hydroxyl groups is 1. The summed E-state index contributed by atoms with van der Waals surface area (Å²) in [5.41, 5.74) is -0.380. The van der Waals surface area contributed by atoms with Crippen molar-refractivity contribution in [2.75, 3.05) is 0 Å². The van der Waals surface area contributed by atoms with Gasteiger partial charge in [0.1, 0.15) is 0 Å². The quantitative estimate of drug-likeness (QED) is 0.562. The monoisotopic (exact) mass is 228 g/mol. The minimum absolute atomic E-state index is 0.380. The van der Waals surface area contributed by atoms with E-state index >= 15 is 0 Å². The van der Waals surface area contributed by atoms with Gasteiger partial charge in [-0.3, -0.25) is 0 Å². The summed E-state index contributed by atoms with van der Waals surface area (Å²) < 4.78 is 0. The Hall–Kier alpha value is -0.0400. The van der Waals surface area contributed by atoms with Crippen LogP contribution in [0.2, 0.25) is 0 Å². The molecule has 98 valence electrons. The molecule has 0 aromatic rings. The van der Waals surface area contributed by atoms with Crippen molar-refractivity contribution in [1.29, 1.82) is 0 Å². The Bertz CT molecular complexity index is 148. The average molecular weight is 228 g/mol. The zero-order valence-corrected chi connectivity index (χ0v) is 11.9. The van der Waals surface area contributed by atoms with Gasteiger partial charge in [-0.05, 0) is 31.6 Å². The van der Waals surface area contributed by atoms with Gasteiger partial charge in [0.05, 0.1) is 5.60 Å². The first-order chi connectivity index (χ1) is 7.64. The van der Waals surface area contributed by atoms with Gasteiger partial charge in [0.15, 0.2) is 0 Å². The SMILES string of the molecule is CCCCC(CCC)C(O)(CCC)CCC. The lowest BCUT2D eigenvalue weighted by Crippen LogP contribution is -2.37. The Morgan fingerprint density at radius 1 is 0.812 bits per heavy atom. The van der Waals surface area contributed by atoms with Crippen LogP contribution in [0.5, 0.6) is 0 Å². The molecule has 0 bridgehead atoms. The molecule has 0 saturated carbocycles. The Labute approximate surface area is 103 Å². The van der Waals surface area contributed by atoms with Gasteiger partial charge in [-0.15, -0.1) is 0 Å². The van der Waals surface area contributed by atoms with Gasteiger partial charge < -0.3 is 5.11 Å². The fourth-order valence-electron chi connectivity index (χ4n) is 2.88. The first-order valence-corrected chi connectivity index (χ1v) is 7.36. The standard InChI is InChI=1S/C15H32O/c1-5-9-11-14(10-6-2)15(16,12-7-3)13-8-4/h14,16H,5-13H2,1-4H3. The predicted molar refractivity (Wildman–Crippen MR) is 72.7 cm³/mol. The molecule has 16 heavy (non-hydrogen) atoms. The molecular formula is C15H32O. The summed E-state index contributed by atoms with van der Waals surface area (Å²) in [4.78, 5) is 0. The Morgan fingerprint density at radius 2 is 1.38 bits per heavy atom. The highest BCUT2D eigenvalue weighted by Crippen LogP contribution is 2.34. The lowest BCUT2D eigenvalue weighted by Gasteiger charge is -2.36. The Balaban J connectivity index is 4.49. The molecule has 0 aromatic carbocycles. The van der Waals surface area contributed by atoms with Crippen molar-refractivity contribution in [3.63, 3.8) is 0 Å². The molecule has 0 radical (unpaired) electrons. The Morgan fingerprint density at radius 3 is 1.75 bits per heavy atom. The van der Waals surface area contributed by atoms with Crippen LogP contribution in [0.25, 0.3) is 0 Å². The fraction of sp³-hybridized carbons (Fsp3) is 1.00. The van der Waals surface area contributed by atoms with Crippen molar-refractivity contribution in [3.05, 3.63) is 0 Å². The zero-order chi connectivity index (χ0) is 12.4. The molecule has 1 nitrogen and oxygen atoms in total. The van der Waals surface area contributed by atoms with Crippen LogP contribution in [0.4, 0.5) is 0 Å². The zero-order valence-electron chi connectivity index (χ0n) is 11.9. The summed E-state index contributed by atoms with van der Waals surface area (Å²) in [6.45, 7) is 8.84. The van der Waals surface area contributed by atoms with E-state index in [-0.39, 0.29) is 5.60 Å². The number of hydrogen-bond acceptors (Lipinski definition) is 1. The van der Waals surface area contributed by atoms with E-state index in [1.807, 2.05) is 0 Å². The molecule has 0 heterocycles. The third kappa shape index (κ3) is 5.34. The maximum Gasteiger partial charge on any atom is 0.0675 e. The molecule has 1 atom stereocenters.